The summed E-state index contributed by atoms with van der Waals surface area (Å²) in [5.41, 5.74) is 0. The van der Waals surface area contributed by atoms with E-state index in [0.29, 0.717) is 16.9 Å². The van der Waals surface area contributed by atoms with Gasteiger partial charge in [0.25, 0.3) is 6.20 Å². The monoisotopic (exact) mass is 303 g/mol. The number of ether oxygens (including phenoxy) is 1. The minimum Gasteiger partial charge on any atom is -0.381 e. The summed E-state index contributed by atoms with van der Waals surface area (Å²) >= 11 is 1.36. The molecule has 1 aliphatic heterocycles. The van der Waals surface area contributed by atoms with Crippen LogP contribution >= 0.6 is 11.8 Å². The van der Waals surface area contributed by atoms with E-state index in [2.05, 4.69) is 24.2 Å². The maximum Gasteiger partial charge on any atom is 0.263 e. The summed E-state index contributed by atoms with van der Waals surface area (Å²) in [5, 5.41) is 14.2. The first-order valence-electron chi connectivity index (χ1n) is 6.90. The van der Waals surface area contributed by atoms with Crippen LogP contribution in [-0.2, 0) is 4.74 Å². The Kier molecular flexibility index (Phi) is 7.94. The van der Waals surface area contributed by atoms with E-state index in [1.54, 1.807) is 0 Å². The van der Waals surface area contributed by atoms with Crippen LogP contribution in [0.4, 0.5) is 0 Å². The predicted molar refractivity (Wildman–Crippen MR) is 82.2 cm³/mol. The van der Waals surface area contributed by atoms with Gasteiger partial charge in [0, 0.05) is 26.2 Å². The average molecular weight is 303 g/mol. The Labute approximate surface area is 125 Å². The van der Waals surface area contributed by atoms with Gasteiger partial charge in [0.2, 0.25) is 0 Å². The molecule has 0 saturated carbocycles. The maximum absolute atomic E-state index is 10.4. The average Bonchev–Trinajstić information content (AvgIpc) is 2.86. The molecule has 2 atom stereocenters. The fourth-order valence-electron chi connectivity index (χ4n) is 2.38. The van der Waals surface area contributed by atoms with Gasteiger partial charge in [-0.3, -0.25) is 10.1 Å². The highest BCUT2D eigenvalue weighted by molar-refractivity contribution is 8.02. The summed E-state index contributed by atoms with van der Waals surface area (Å²) in [5.74, 6) is 1.08. The van der Waals surface area contributed by atoms with Gasteiger partial charge in [-0.25, -0.2) is 0 Å². The van der Waals surface area contributed by atoms with Gasteiger partial charge in [-0.05, 0) is 31.6 Å². The third-order valence-electron chi connectivity index (χ3n) is 3.28. The molecule has 0 bridgehead atoms. The Morgan fingerprint density at radius 3 is 3.00 bits per heavy atom. The first-order chi connectivity index (χ1) is 9.51. The van der Waals surface area contributed by atoms with E-state index in [9.17, 15) is 10.1 Å². The van der Waals surface area contributed by atoms with E-state index >= 15 is 0 Å². The molecule has 1 fully saturated rings. The van der Waals surface area contributed by atoms with Gasteiger partial charge in [0.05, 0.1) is 11.5 Å². The molecule has 0 aromatic carbocycles. The van der Waals surface area contributed by atoms with Crippen LogP contribution in [0.2, 0.25) is 0 Å². The SMILES string of the molecule is CSC(=C[N+](=O)[O-])NCC(C)CN(C)CC1CCOC1. The molecule has 7 heteroatoms. The minimum atomic E-state index is -0.421. The summed E-state index contributed by atoms with van der Waals surface area (Å²) in [7, 11) is 2.12. The number of thioether (sulfide) groups is 1. The zero-order valence-corrected chi connectivity index (χ0v) is 13.3. The van der Waals surface area contributed by atoms with Crippen molar-refractivity contribution in [2.45, 2.75) is 13.3 Å². The van der Waals surface area contributed by atoms with Crippen LogP contribution in [0.3, 0.4) is 0 Å². The molecule has 2 unspecified atom stereocenters. The molecule has 1 N–H and O–H groups in total. The van der Waals surface area contributed by atoms with E-state index < -0.39 is 4.92 Å². The van der Waals surface area contributed by atoms with E-state index in [4.69, 9.17) is 4.74 Å². The molecule has 116 valence electrons. The zero-order valence-electron chi connectivity index (χ0n) is 12.5. The fourth-order valence-corrected chi connectivity index (χ4v) is 2.80. The number of hydrogen-bond donors (Lipinski definition) is 1. The van der Waals surface area contributed by atoms with Crippen molar-refractivity contribution in [1.29, 1.82) is 0 Å². The maximum atomic E-state index is 10.4. The highest BCUT2D eigenvalue weighted by Crippen LogP contribution is 2.14. The van der Waals surface area contributed by atoms with Crippen molar-refractivity contribution in [2.75, 3.05) is 46.2 Å². The molecule has 1 heterocycles. The molecule has 20 heavy (non-hydrogen) atoms. The van der Waals surface area contributed by atoms with Gasteiger partial charge in [0.15, 0.2) is 0 Å². The van der Waals surface area contributed by atoms with Crippen LogP contribution in [0.15, 0.2) is 11.2 Å². The second-order valence-corrected chi connectivity index (χ2v) is 6.27. The molecular formula is C13H25N3O3S. The van der Waals surface area contributed by atoms with Crippen LogP contribution in [0.1, 0.15) is 13.3 Å². The van der Waals surface area contributed by atoms with E-state index in [1.807, 2.05) is 6.26 Å². The van der Waals surface area contributed by atoms with Crippen LogP contribution in [0, 0.1) is 22.0 Å². The Morgan fingerprint density at radius 1 is 1.70 bits per heavy atom. The molecule has 0 spiro atoms. The summed E-state index contributed by atoms with van der Waals surface area (Å²) in [6, 6.07) is 0. The van der Waals surface area contributed by atoms with Crippen molar-refractivity contribution in [3.63, 3.8) is 0 Å². The van der Waals surface area contributed by atoms with Gasteiger partial charge in [-0.1, -0.05) is 6.92 Å². The molecule has 1 saturated heterocycles. The van der Waals surface area contributed by atoms with Crippen LogP contribution in [0.25, 0.3) is 0 Å². The van der Waals surface area contributed by atoms with Gasteiger partial charge in [-0.15, -0.1) is 11.8 Å². The number of rotatable bonds is 9. The fraction of sp³-hybridized carbons (Fsp3) is 0.846. The molecular weight excluding hydrogens is 278 g/mol. The largest absolute Gasteiger partial charge is 0.381 e. The smallest absolute Gasteiger partial charge is 0.263 e. The van der Waals surface area contributed by atoms with Crippen molar-refractivity contribution in [3.05, 3.63) is 21.3 Å². The molecule has 0 radical (unpaired) electrons. The van der Waals surface area contributed by atoms with Gasteiger partial charge >= 0.3 is 0 Å². The van der Waals surface area contributed by atoms with Crippen molar-refractivity contribution in [1.82, 2.24) is 10.2 Å². The molecule has 6 nitrogen and oxygen atoms in total. The van der Waals surface area contributed by atoms with Crippen molar-refractivity contribution in [3.8, 4) is 0 Å². The van der Waals surface area contributed by atoms with E-state index in [0.717, 1.165) is 45.5 Å². The predicted octanol–water partition coefficient (Wildman–Crippen LogP) is 1.62. The Morgan fingerprint density at radius 2 is 2.45 bits per heavy atom. The van der Waals surface area contributed by atoms with Crippen molar-refractivity contribution < 1.29 is 9.66 Å². The van der Waals surface area contributed by atoms with Crippen molar-refractivity contribution in [2.24, 2.45) is 11.8 Å². The third-order valence-corrected chi connectivity index (χ3v) is 3.97. The van der Waals surface area contributed by atoms with Gasteiger partial charge < -0.3 is 15.0 Å². The number of hydrogen-bond acceptors (Lipinski definition) is 6. The van der Waals surface area contributed by atoms with Crippen molar-refractivity contribution >= 4 is 11.8 Å². The topological polar surface area (TPSA) is 67.6 Å². The number of nitro groups is 1. The van der Waals surface area contributed by atoms with Crippen LogP contribution in [-0.4, -0.2) is 56.0 Å². The highest BCUT2D eigenvalue weighted by atomic mass is 32.2. The molecule has 0 aliphatic carbocycles. The lowest BCUT2D eigenvalue weighted by Gasteiger charge is -2.24. The molecule has 0 amide bonds. The number of nitrogens with zero attached hydrogens (tertiary/aromatic N) is 2. The Hall–Kier alpha value is -0.790. The highest BCUT2D eigenvalue weighted by Gasteiger charge is 2.18. The normalized spacial score (nSPS) is 21.2. The second kappa shape index (κ2) is 9.20. The zero-order chi connectivity index (χ0) is 15.0. The molecule has 0 aromatic rings. The standard InChI is InChI=1S/C13H25N3O3S/c1-11(6-14-13(20-3)9-16(17)18)7-15(2)8-12-4-5-19-10-12/h9,11-12,14H,4-8,10H2,1-3H3. The van der Waals surface area contributed by atoms with Crippen LogP contribution < -0.4 is 5.32 Å². The van der Waals surface area contributed by atoms with Crippen LogP contribution in [0.5, 0.6) is 0 Å². The minimum absolute atomic E-state index is 0.421. The van der Waals surface area contributed by atoms with Gasteiger partial charge in [0.1, 0.15) is 5.03 Å². The lowest BCUT2D eigenvalue weighted by Crippen LogP contribution is -2.33. The summed E-state index contributed by atoms with van der Waals surface area (Å²) < 4.78 is 5.38. The lowest BCUT2D eigenvalue weighted by molar-refractivity contribution is -0.403. The first kappa shape index (κ1) is 17.3. The number of nitrogens with one attached hydrogen (secondary N) is 1. The lowest BCUT2D eigenvalue weighted by atomic mass is 10.1. The first-order valence-corrected chi connectivity index (χ1v) is 8.13. The second-order valence-electron chi connectivity index (χ2n) is 5.42. The van der Waals surface area contributed by atoms with E-state index in [1.165, 1.54) is 11.8 Å². The summed E-state index contributed by atoms with van der Waals surface area (Å²) in [6.07, 6.45) is 4.01. The molecule has 0 aromatic heterocycles. The third kappa shape index (κ3) is 7.12. The quantitative estimate of drug-likeness (QED) is 0.516. The Balaban J connectivity index is 2.24. The van der Waals surface area contributed by atoms with Gasteiger partial charge in [-0.2, -0.15) is 0 Å². The summed E-state index contributed by atoms with van der Waals surface area (Å²) in [6.45, 7) is 6.69. The molecule has 1 aliphatic rings. The molecule has 1 rings (SSSR count). The Bertz CT molecular complexity index is 333. The summed E-state index contributed by atoms with van der Waals surface area (Å²) in [4.78, 5) is 12.3. The van der Waals surface area contributed by atoms with E-state index in [-0.39, 0.29) is 0 Å².